The van der Waals surface area contributed by atoms with Gasteiger partial charge in [0.2, 0.25) is 11.7 Å². The summed E-state index contributed by atoms with van der Waals surface area (Å²) >= 11 is 0. The molecule has 6 nitrogen and oxygen atoms in total. The highest BCUT2D eigenvalue weighted by Gasteiger charge is 2.18. The molecule has 3 heterocycles. The normalized spacial score (nSPS) is 15.4. The van der Waals surface area contributed by atoms with Crippen LogP contribution in [-0.2, 0) is 11.8 Å². The highest BCUT2D eigenvalue weighted by molar-refractivity contribution is 6.05. The second-order valence-corrected chi connectivity index (χ2v) is 5.09. The third-order valence-corrected chi connectivity index (χ3v) is 3.62. The summed E-state index contributed by atoms with van der Waals surface area (Å²) in [6.45, 7) is 2.97. The van der Waals surface area contributed by atoms with Crippen molar-refractivity contribution in [2.24, 2.45) is 7.05 Å². The van der Waals surface area contributed by atoms with Crippen molar-refractivity contribution in [2.75, 3.05) is 31.2 Å². The van der Waals surface area contributed by atoms with E-state index in [1.807, 2.05) is 23.7 Å². The summed E-state index contributed by atoms with van der Waals surface area (Å²) in [5.41, 5.74) is 1.47. The number of carbonyl (C=O) groups excluding carboxylic acids is 1. The van der Waals surface area contributed by atoms with Gasteiger partial charge in [-0.15, -0.1) is 0 Å². The van der Waals surface area contributed by atoms with Crippen molar-refractivity contribution in [3.63, 3.8) is 0 Å². The Balaban J connectivity index is 1.76. The highest BCUT2D eigenvalue weighted by atomic mass is 16.5. The van der Waals surface area contributed by atoms with Crippen molar-refractivity contribution in [2.45, 2.75) is 0 Å². The van der Waals surface area contributed by atoms with Crippen molar-refractivity contribution < 1.29 is 9.53 Å². The summed E-state index contributed by atoms with van der Waals surface area (Å²) < 4.78 is 7.17. The molecule has 1 aliphatic heterocycles. The van der Waals surface area contributed by atoms with Gasteiger partial charge in [-0.2, -0.15) is 0 Å². The van der Waals surface area contributed by atoms with Crippen LogP contribution in [0, 0.1) is 0 Å². The maximum absolute atomic E-state index is 12.3. The monoisotopic (exact) mass is 298 g/mol. The molecule has 0 radical (unpaired) electrons. The van der Waals surface area contributed by atoms with Crippen LogP contribution in [0.25, 0.3) is 6.08 Å². The Morgan fingerprint density at radius 2 is 2.14 bits per heavy atom. The molecule has 1 fully saturated rings. The lowest BCUT2D eigenvalue weighted by molar-refractivity contribution is 0.104. The first-order chi connectivity index (χ1) is 10.8. The molecule has 1 saturated heterocycles. The van der Waals surface area contributed by atoms with E-state index in [0.29, 0.717) is 18.9 Å². The fourth-order valence-corrected chi connectivity index (χ4v) is 2.42. The maximum Gasteiger partial charge on any atom is 0.205 e. The smallest absolute Gasteiger partial charge is 0.205 e. The lowest BCUT2D eigenvalue weighted by Gasteiger charge is -2.27. The van der Waals surface area contributed by atoms with Crippen molar-refractivity contribution in [3.05, 3.63) is 48.1 Å². The van der Waals surface area contributed by atoms with Crippen LogP contribution in [0.1, 0.15) is 16.1 Å². The number of allylic oxidation sites excluding steroid dienone is 1. The van der Waals surface area contributed by atoms with E-state index >= 15 is 0 Å². The van der Waals surface area contributed by atoms with Crippen molar-refractivity contribution in [1.29, 1.82) is 0 Å². The molecule has 0 bridgehead atoms. The number of ketones is 1. The number of morpholine rings is 1. The zero-order valence-electron chi connectivity index (χ0n) is 12.5. The predicted octanol–water partition coefficient (Wildman–Crippen LogP) is 1.55. The Hall–Kier alpha value is -2.47. The van der Waals surface area contributed by atoms with Gasteiger partial charge in [-0.05, 0) is 23.8 Å². The largest absolute Gasteiger partial charge is 0.378 e. The van der Waals surface area contributed by atoms with Gasteiger partial charge in [0.15, 0.2) is 0 Å². The van der Waals surface area contributed by atoms with Crippen molar-refractivity contribution >= 4 is 17.8 Å². The topological polar surface area (TPSA) is 60.2 Å². The predicted molar refractivity (Wildman–Crippen MR) is 83.8 cm³/mol. The lowest BCUT2D eigenvalue weighted by atomic mass is 10.2. The molecular weight excluding hydrogens is 280 g/mol. The molecule has 0 aromatic carbocycles. The second-order valence-electron chi connectivity index (χ2n) is 5.09. The summed E-state index contributed by atoms with van der Waals surface area (Å²) in [7, 11) is 1.86. The number of imidazole rings is 1. The number of rotatable bonds is 4. The van der Waals surface area contributed by atoms with E-state index in [9.17, 15) is 4.79 Å². The first kappa shape index (κ1) is 14.5. The molecule has 0 N–H and O–H groups in total. The lowest BCUT2D eigenvalue weighted by Crippen LogP contribution is -2.37. The van der Waals surface area contributed by atoms with E-state index < -0.39 is 0 Å². The van der Waals surface area contributed by atoms with Crippen LogP contribution in [0.5, 0.6) is 0 Å². The number of hydrogen-bond acceptors (Lipinski definition) is 5. The minimum absolute atomic E-state index is 0.0710. The van der Waals surface area contributed by atoms with Crippen LogP contribution < -0.4 is 4.90 Å². The highest BCUT2D eigenvalue weighted by Crippen LogP contribution is 2.16. The molecule has 0 amide bonds. The third kappa shape index (κ3) is 3.07. The molecular formula is C16H18N4O2. The number of aromatic nitrogens is 3. The number of ether oxygens (including phenoxy) is 1. The van der Waals surface area contributed by atoms with Crippen LogP contribution in [0.2, 0.25) is 0 Å². The summed E-state index contributed by atoms with van der Waals surface area (Å²) in [5.74, 6) is 0.736. The van der Waals surface area contributed by atoms with Crippen molar-refractivity contribution in [1.82, 2.24) is 14.5 Å². The first-order valence-corrected chi connectivity index (χ1v) is 7.22. The molecule has 0 spiro atoms. The molecule has 6 heteroatoms. The molecule has 0 atom stereocenters. The van der Waals surface area contributed by atoms with Gasteiger partial charge in [-0.1, -0.05) is 6.07 Å². The van der Waals surface area contributed by atoms with E-state index in [0.717, 1.165) is 24.6 Å². The SMILES string of the molecule is Cn1c(C(=O)/C=C/c2cccnc2)cnc1N1CCOCC1. The zero-order chi connectivity index (χ0) is 15.4. The summed E-state index contributed by atoms with van der Waals surface area (Å²) in [4.78, 5) is 22.9. The zero-order valence-corrected chi connectivity index (χ0v) is 12.5. The van der Waals surface area contributed by atoms with Gasteiger partial charge >= 0.3 is 0 Å². The third-order valence-electron chi connectivity index (χ3n) is 3.62. The molecule has 2 aromatic rings. The molecule has 1 aliphatic rings. The fraction of sp³-hybridized carbons (Fsp3) is 0.312. The number of carbonyl (C=O) groups is 1. The van der Waals surface area contributed by atoms with Gasteiger partial charge < -0.3 is 14.2 Å². The Labute approximate surface area is 129 Å². The Kier molecular flexibility index (Phi) is 4.29. The molecule has 114 valence electrons. The van der Waals surface area contributed by atoms with Gasteiger partial charge in [-0.3, -0.25) is 9.78 Å². The Morgan fingerprint density at radius 3 is 2.86 bits per heavy atom. The Morgan fingerprint density at radius 1 is 1.32 bits per heavy atom. The van der Waals surface area contributed by atoms with Gasteiger partial charge in [0.05, 0.1) is 19.4 Å². The Bertz CT molecular complexity index is 673. The average molecular weight is 298 g/mol. The van der Waals surface area contributed by atoms with Crippen LogP contribution in [0.3, 0.4) is 0 Å². The van der Waals surface area contributed by atoms with E-state index in [1.165, 1.54) is 0 Å². The van der Waals surface area contributed by atoms with E-state index in [4.69, 9.17) is 4.74 Å². The number of nitrogens with zero attached hydrogens (tertiary/aromatic N) is 4. The van der Waals surface area contributed by atoms with Gasteiger partial charge in [0.25, 0.3) is 0 Å². The number of pyridine rings is 1. The van der Waals surface area contributed by atoms with Gasteiger partial charge in [0.1, 0.15) is 5.69 Å². The molecule has 0 aliphatic carbocycles. The second kappa shape index (κ2) is 6.53. The summed E-state index contributed by atoms with van der Waals surface area (Å²) in [6, 6.07) is 3.74. The average Bonchev–Trinajstić information content (AvgIpc) is 2.96. The number of hydrogen-bond donors (Lipinski definition) is 0. The summed E-state index contributed by atoms with van der Waals surface area (Å²) in [5, 5.41) is 0. The molecule has 3 rings (SSSR count). The van der Waals surface area contributed by atoms with Crippen LogP contribution in [0.4, 0.5) is 5.95 Å². The number of anilines is 1. The van der Waals surface area contributed by atoms with E-state index in [1.54, 1.807) is 30.7 Å². The molecule has 2 aromatic heterocycles. The molecule has 0 saturated carbocycles. The van der Waals surface area contributed by atoms with Crippen LogP contribution in [-0.4, -0.2) is 46.6 Å². The van der Waals surface area contributed by atoms with Crippen LogP contribution >= 0.6 is 0 Å². The standard InChI is InChI=1S/C16H18N4O2/c1-19-14(12-18-16(19)20-7-9-22-10-8-20)15(21)5-4-13-3-2-6-17-11-13/h2-6,11-12H,7-10H2,1H3/b5-4+. The fourth-order valence-electron chi connectivity index (χ4n) is 2.42. The van der Waals surface area contributed by atoms with Crippen molar-refractivity contribution in [3.8, 4) is 0 Å². The van der Waals surface area contributed by atoms with E-state index in [-0.39, 0.29) is 5.78 Å². The minimum atomic E-state index is -0.0710. The maximum atomic E-state index is 12.3. The first-order valence-electron chi connectivity index (χ1n) is 7.22. The minimum Gasteiger partial charge on any atom is -0.378 e. The quantitative estimate of drug-likeness (QED) is 0.633. The van der Waals surface area contributed by atoms with Gasteiger partial charge in [-0.25, -0.2) is 4.98 Å². The summed E-state index contributed by atoms with van der Waals surface area (Å²) in [6.07, 6.45) is 8.36. The molecule has 22 heavy (non-hydrogen) atoms. The van der Waals surface area contributed by atoms with Gasteiger partial charge in [0, 0.05) is 32.5 Å². The van der Waals surface area contributed by atoms with Crippen LogP contribution in [0.15, 0.2) is 36.8 Å². The molecule has 0 unspecified atom stereocenters. The van der Waals surface area contributed by atoms with E-state index in [2.05, 4.69) is 14.9 Å².